The number of nitrogens with one attached hydrogen (secondary N) is 2. The number of nitrogens with zero attached hydrogens (tertiary/aromatic N) is 2. The van der Waals surface area contributed by atoms with Gasteiger partial charge in [0.15, 0.2) is 5.96 Å². The Morgan fingerprint density at radius 3 is 2.32 bits per heavy atom. The van der Waals surface area contributed by atoms with Gasteiger partial charge in [-0.1, -0.05) is 56.3 Å². The Hall–Kier alpha value is -2.63. The van der Waals surface area contributed by atoms with Crippen LogP contribution < -0.4 is 10.6 Å². The Morgan fingerprint density at radius 1 is 1.06 bits per heavy atom. The summed E-state index contributed by atoms with van der Waals surface area (Å²) in [5.74, 6) is 1.19. The molecule has 0 aromatic heterocycles. The van der Waals surface area contributed by atoms with E-state index in [-0.39, 0.29) is 40.9 Å². The topological polar surface area (TPSA) is 73.8 Å². The van der Waals surface area contributed by atoms with Gasteiger partial charge in [-0.15, -0.1) is 0 Å². The first-order valence-electron chi connectivity index (χ1n) is 11.5. The number of guanidine groups is 1. The fourth-order valence-electron chi connectivity index (χ4n) is 5.23. The maximum Gasteiger partial charge on any atom is 0.233 e. The molecule has 1 aromatic carbocycles. The molecule has 2 aliphatic carbocycles. The summed E-state index contributed by atoms with van der Waals surface area (Å²) in [6.07, 6.45) is 5.96. The molecule has 1 saturated carbocycles. The van der Waals surface area contributed by atoms with Crippen LogP contribution in [0.25, 0.3) is 0 Å². The van der Waals surface area contributed by atoms with Crippen molar-refractivity contribution in [1.29, 1.82) is 0 Å². The van der Waals surface area contributed by atoms with Crippen LogP contribution in [0.2, 0.25) is 0 Å². The van der Waals surface area contributed by atoms with Crippen molar-refractivity contribution in [2.24, 2.45) is 28.7 Å². The number of rotatable bonds is 8. The lowest BCUT2D eigenvalue weighted by molar-refractivity contribution is -0.140. The largest absolute Gasteiger partial charge is 0.357 e. The highest BCUT2D eigenvalue weighted by Crippen LogP contribution is 2.52. The first-order chi connectivity index (χ1) is 14.9. The van der Waals surface area contributed by atoms with Crippen molar-refractivity contribution in [2.75, 3.05) is 26.2 Å². The molecule has 4 rings (SSSR count). The summed E-state index contributed by atoms with van der Waals surface area (Å²) >= 11 is 0. The minimum absolute atomic E-state index is 0.0389. The van der Waals surface area contributed by atoms with Gasteiger partial charge >= 0.3 is 0 Å². The number of carbonyl (C=O) groups excluding carboxylic acids is 2. The second kappa shape index (κ2) is 8.85. The highest BCUT2D eigenvalue weighted by Gasteiger charge is 2.58. The fraction of sp³-hybridized carbons (Fsp3) is 0.560. The highest BCUT2D eigenvalue weighted by molar-refractivity contribution is 6.06. The molecule has 1 saturated heterocycles. The molecule has 166 valence electrons. The van der Waals surface area contributed by atoms with E-state index < -0.39 is 0 Å². The van der Waals surface area contributed by atoms with E-state index in [1.54, 1.807) is 0 Å². The fourth-order valence-corrected chi connectivity index (χ4v) is 5.23. The number of carbonyl (C=O) groups is 2. The standard InChI is InChI=1S/C25H34N4O2/c1-4-26-24(28-16-25(2,3)19-9-6-5-7-10-19)27-13-8-14-29-22(30)20-17-11-12-18(15-17)21(20)23(29)31/h5-7,9-12,17-18,20-21H,4,8,13-16H2,1-3H3,(H2,26,27,28). The SMILES string of the molecule is CCNC(=NCC(C)(C)c1ccccc1)NCCCN1C(=O)C2C3C=CC(C3)C2C1=O. The Balaban J connectivity index is 1.28. The lowest BCUT2D eigenvalue weighted by atomic mass is 9.85. The second-order valence-corrected chi connectivity index (χ2v) is 9.55. The van der Waals surface area contributed by atoms with Crippen LogP contribution in [0, 0.1) is 23.7 Å². The van der Waals surface area contributed by atoms with E-state index in [0.29, 0.717) is 26.1 Å². The Kier molecular flexibility index (Phi) is 6.17. The van der Waals surface area contributed by atoms with Gasteiger partial charge in [-0.3, -0.25) is 19.5 Å². The van der Waals surface area contributed by atoms with Gasteiger partial charge in [-0.05, 0) is 37.2 Å². The molecule has 1 aliphatic heterocycles. The third-order valence-corrected chi connectivity index (χ3v) is 6.94. The van der Waals surface area contributed by atoms with Crippen molar-refractivity contribution >= 4 is 17.8 Å². The monoisotopic (exact) mass is 422 g/mol. The van der Waals surface area contributed by atoms with Gasteiger partial charge < -0.3 is 10.6 Å². The Labute approximate surface area is 185 Å². The molecule has 0 radical (unpaired) electrons. The Morgan fingerprint density at radius 2 is 1.71 bits per heavy atom. The maximum absolute atomic E-state index is 12.8. The molecule has 2 amide bonds. The van der Waals surface area contributed by atoms with Crippen molar-refractivity contribution < 1.29 is 9.59 Å². The smallest absolute Gasteiger partial charge is 0.233 e. The number of likely N-dealkylation sites (tertiary alicyclic amines) is 1. The number of hydrogen-bond donors (Lipinski definition) is 2. The van der Waals surface area contributed by atoms with E-state index in [2.05, 4.69) is 60.9 Å². The molecule has 0 spiro atoms. The molecule has 1 heterocycles. The van der Waals surface area contributed by atoms with Crippen molar-refractivity contribution in [2.45, 2.75) is 39.0 Å². The molecule has 3 aliphatic rings. The summed E-state index contributed by atoms with van der Waals surface area (Å²) in [6, 6.07) is 10.4. The van der Waals surface area contributed by atoms with Gasteiger partial charge in [0, 0.05) is 25.0 Å². The van der Waals surface area contributed by atoms with Crippen LogP contribution in [0.3, 0.4) is 0 Å². The lowest BCUT2D eigenvalue weighted by Crippen LogP contribution is -2.40. The number of aliphatic imine (C=N–C) groups is 1. The summed E-state index contributed by atoms with van der Waals surface area (Å²) in [6.45, 7) is 9.01. The lowest BCUT2D eigenvalue weighted by Gasteiger charge is -2.24. The molecular weight excluding hydrogens is 388 g/mol. The second-order valence-electron chi connectivity index (χ2n) is 9.55. The van der Waals surface area contributed by atoms with Crippen LogP contribution in [0.15, 0.2) is 47.5 Å². The van der Waals surface area contributed by atoms with Gasteiger partial charge in [0.25, 0.3) is 0 Å². The highest BCUT2D eigenvalue weighted by atomic mass is 16.2. The van der Waals surface area contributed by atoms with Crippen LogP contribution in [0.1, 0.15) is 39.2 Å². The van der Waals surface area contributed by atoms with Crippen molar-refractivity contribution in [3.8, 4) is 0 Å². The molecule has 2 bridgehead atoms. The van der Waals surface area contributed by atoms with Gasteiger partial charge in [0.1, 0.15) is 0 Å². The summed E-state index contributed by atoms with van der Waals surface area (Å²) in [5, 5.41) is 6.64. The van der Waals surface area contributed by atoms with Crippen LogP contribution in [-0.4, -0.2) is 48.9 Å². The molecule has 4 unspecified atom stereocenters. The average Bonchev–Trinajstić information content (AvgIpc) is 3.45. The molecule has 31 heavy (non-hydrogen) atoms. The quantitative estimate of drug-likeness (QED) is 0.222. The summed E-state index contributed by atoms with van der Waals surface area (Å²) in [4.78, 5) is 31.8. The molecule has 2 N–H and O–H groups in total. The van der Waals surface area contributed by atoms with Crippen LogP contribution >= 0.6 is 0 Å². The number of allylic oxidation sites excluding steroid dienone is 2. The summed E-state index contributed by atoms with van der Waals surface area (Å²) in [5.41, 5.74) is 1.19. The normalized spacial score (nSPS) is 27.2. The van der Waals surface area contributed by atoms with Crippen molar-refractivity contribution in [3.63, 3.8) is 0 Å². The van der Waals surface area contributed by atoms with Gasteiger partial charge in [-0.25, -0.2) is 0 Å². The van der Waals surface area contributed by atoms with E-state index in [0.717, 1.165) is 18.9 Å². The van der Waals surface area contributed by atoms with Gasteiger partial charge in [0.2, 0.25) is 11.8 Å². The number of benzene rings is 1. The minimum atomic E-state index is -0.102. The number of hydrogen-bond acceptors (Lipinski definition) is 3. The van der Waals surface area contributed by atoms with E-state index in [9.17, 15) is 9.59 Å². The third-order valence-electron chi connectivity index (χ3n) is 6.94. The van der Waals surface area contributed by atoms with E-state index in [1.165, 1.54) is 10.5 Å². The van der Waals surface area contributed by atoms with Crippen LogP contribution in [-0.2, 0) is 15.0 Å². The first-order valence-corrected chi connectivity index (χ1v) is 11.5. The van der Waals surface area contributed by atoms with Crippen LogP contribution in [0.4, 0.5) is 0 Å². The predicted molar refractivity (Wildman–Crippen MR) is 123 cm³/mol. The van der Waals surface area contributed by atoms with E-state index in [4.69, 9.17) is 4.99 Å². The van der Waals surface area contributed by atoms with Gasteiger partial charge in [0.05, 0.1) is 18.4 Å². The number of imide groups is 1. The third kappa shape index (κ3) is 4.25. The summed E-state index contributed by atoms with van der Waals surface area (Å²) in [7, 11) is 0. The summed E-state index contributed by atoms with van der Waals surface area (Å²) < 4.78 is 0. The van der Waals surface area contributed by atoms with E-state index >= 15 is 0 Å². The molecule has 6 nitrogen and oxygen atoms in total. The predicted octanol–water partition coefficient (Wildman–Crippen LogP) is 2.72. The average molecular weight is 423 g/mol. The Bertz CT molecular complexity index is 847. The zero-order valence-electron chi connectivity index (χ0n) is 18.8. The molecule has 6 heteroatoms. The van der Waals surface area contributed by atoms with Gasteiger partial charge in [-0.2, -0.15) is 0 Å². The number of amides is 2. The molecule has 4 atom stereocenters. The zero-order chi connectivity index (χ0) is 22.0. The van der Waals surface area contributed by atoms with Crippen molar-refractivity contribution in [1.82, 2.24) is 15.5 Å². The van der Waals surface area contributed by atoms with Crippen molar-refractivity contribution in [3.05, 3.63) is 48.0 Å². The maximum atomic E-state index is 12.8. The zero-order valence-corrected chi connectivity index (χ0v) is 18.8. The van der Waals surface area contributed by atoms with Crippen LogP contribution in [0.5, 0.6) is 0 Å². The number of fused-ring (bicyclic) bond motifs is 5. The van der Waals surface area contributed by atoms with E-state index in [1.807, 2.05) is 13.0 Å². The first kappa shape index (κ1) is 21.6. The molecular formula is C25H34N4O2. The minimum Gasteiger partial charge on any atom is -0.357 e. The molecule has 1 aromatic rings. The molecule has 2 fully saturated rings.